The fraction of sp³-hybridized carbons (Fsp3) is 0.577. The minimum atomic E-state index is -1.61. The normalized spacial score (nSPS) is 34.2. The molecule has 1 N–H and O–H groups in total. The molecule has 3 aliphatic heterocycles. The lowest BCUT2D eigenvalue weighted by Crippen LogP contribution is -2.58. The number of hydrogen-bond acceptors (Lipinski definition) is 9. The first-order chi connectivity index (χ1) is 17.3. The monoisotopic (exact) mass is 516 g/mol. The van der Waals surface area contributed by atoms with E-state index in [4.69, 9.17) is 28.4 Å². The summed E-state index contributed by atoms with van der Waals surface area (Å²) in [5, 5.41) is 0. The van der Waals surface area contributed by atoms with Gasteiger partial charge in [-0.3, -0.25) is 14.3 Å². The molecule has 11 nitrogen and oxygen atoms in total. The Kier molecular flexibility index (Phi) is 6.19. The summed E-state index contributed by atoms with van der Waals surface area (Å²) in [6.07, 6.45) is -2.87. The summed E-state index contributed by atoms with van der Waals surface area (Å²) in [4.78, 5) is 40.9. The molecule has 0 radical (unpaired) electrons. The second-order valence-corrected chi connectivity index (χ2v) is 10.8. The van der Waals surface area contributed by atoms with E-state index in [0.29, 0.717) is 5.56 Å². The van der Waals surface area contributed by atoms with E-state index in [2.05, 4.69) is 4.98 Å². The number of esters is 1. The number of nitrogens with one attached hydrogen (secondary N) is 1. The molecule has 2 aromatic rings. The van der Waals surface area contributed by atoms with Crippen molar-refractivity contribution in [2.24, 2.45) is 0 Å². The number of rotatable bonds is 3. The predicted octanol–water partition coefficient (Wildman–Crippen LogP) is 2.03. The number of aryl methyl sites for hydroxylation is 1. The summed E-state index contributed by atoms with van der Waals surface area (Å²) < 4.78 is 38.7. The summed E-state index contributed by atoms with van der Waals surface area (Å²) >= 11 is 0. The number of nitrogens with zero attached hydrogens (tertiary/aromatic N) is 1. The molecule has 3 aliphatic rings. The SMILES string of the molecule is Cc1cn([C@@H]2OC3COC(C)(C)O[C@H]3C3OC(C)(C)OC3[C@@]2(C)OC(=O)c2ccccc2)c(=O)[nH]c1=O. The van der Waals surface area contributed by atoms with Crippen LogP contribution in [0.15, 0.2) is 46.1 Å². The lowest BCUT2D eigenvalue weighted by molar-refractivity contribution is -0.334. The Balaban J connectivity index is 1.68. The Labute approximate surface area is 213 Å². The lowest BCUT2D eigenvalue weighted by atomic mass is 9.89. The van der Waals surface area contributed by atoms with Crippen LogP contribution in [-0.4, -0.2) is 63.7 Å². The summed E-state index contributed by atoms with van der Waals surface area (Å²) in [7, 11) is 0. The number of H-pyrrole nitrogens is 1. The van der Waals surface area contributed by atoms with Crippen molar-refractivity contribution in [3.05, 3.63) is 68.5 Å². The number of carbonyl (C=O) groups is 1. The van der Waals surface area contributed by atoms with Crippen molar-refractivity contribution in [3.63, 3.8) is 0 Å². The first-order valence-electron chi connectivity index (χ1n) is 12.2. The zero-order chi connectivity index (χ0) is 26.8. The third kappa shape index (κ3) is 4.66. The summed E-state index contributed by atoms with van der Waals surface area (Å²) in [5.74, 6) is -2.63. The van der Waals surface area contributed by atoms with Gasteiger partial charge in [0.05, 0.1) is 12.2 Å². The molecule has 6 atom stereocenters. The van der Waals surface area contributed by atoms with E-state index in [9.17, 15) is 14.4 Å². The summed E-state index contributed by atoms with van der Waals surface area (Å²) in [6.45, 7) is 10.4. The van der Waals surface area contributed by atoms with Crippen LogP contribution in [0.3, 0.4) is 0 Å². The second kappa shape index (κ2) is 8.88. The molecule has 11 heteroatoms. The molecule has 1 aromatic heterocycles. The summed E-state index contributed by atoms with van der Waals surface area (Å²) in [6, 6.07) is 8.48. The van der Waals surface area contributed by atoms with Crippen LogP contribution in [-0.2, 0) is 28.4 Å². The van der Waals surface area contributed by atoms with Crippen LogP contribution in [0.4, 0.5) is 0 Å². The summed E-state index contributed by atoms with van der Waals surface area (Å²) in [5.41, 5.74) is -2.27. The number of fused-ring (bicyclic) bond motifs is 3. The number of hydrogen-bond donors (Lipinski definition) is 1. The maximum atomic E-state index is 13.4. The van der Waals surface area contributed by atoms with Crippen molar-refractivity contribution in [1.29, 1.82) is 0 Å². The van der Waals surface area contributed by atoms with E-state index in [-0.39, 0.29) is 12.2 Å². The van der Waals surface area contributed by atoms with Gasteiger partial charge in [-0.2, -0.15) is 0 Å². The average Bonchev–Trinajstić information content (AvgIpc) is 3.13. The first-order valence-corrected chi connectivity index (χ1v) is 12.2. The quantitative estimate of drug-likeness (QED) is 0.610. The number of carbonyl (C=O) groups excluding carboxylic acids is 1. The van der Waals surface area contributed by atoms with E-state index in [1.165, 1.54) is 10.8 Å². The van der Waals surface area contributed by atoms with Crippen molar-refractivity contribution >= 4 is 5.97 Å². The van der Waals surface area contributed by atoms with Gasteiger partial charge in [-0.05, 0) is 53.7 Å². The van der Waals surface area contributed by atoms with Crippen molar-refractivity contribution < 1.29 is 33.2 Å². The fourth-order valence-corrected chi connectivity index (χ4v) is 5.17. The molecule has 0 bridgehead atoms. The maximum absolute atomic E-state index is 13.4. The highest BCUT2D eigenvalue weighted by Crippen LogP contribution is 2.48. The molecule has 3 saturated heterocycles. The van der Waals surface area contributed by atoms with Crippen LogP contribution in [0.2, 0.25) is 0 Å². The zero-order valence-corrected chi connectivity index (χ0v) is 21.7. The first kappa shape index (κ1) is 25.8. The standard InChI is InChI=1S/C26H32N2O9/c1-14-12-28(23(31)27-20(14)29)22-26(6,37-21(30)15-10-8-7-9-11-15)19-18(35-25(4,5)36-19)17-16(33-22)13-32-24(2,3)34-17/h7-12,16-19,22H,13H2,1-6H3,(H,27,29,31)/t16?,17-,18?,19?,22-,26-/m1/s1. The molecule has 4 heterocycles. The van der Waals surface area contributed by atoms with E-state index >= 15 is 0 Å². The topological polar surface area (TPSA) is 127 Å². The van der Waals surface area contributed by atoms with Gasteiger partial charge in [-0.15, -0.1) is 0 Å². The molecule has 5 rings (SSSR count). The van der Waals surface area contributed by atoms with Crippen molar-refractivity contribution in [2.45, 2.75) is 89.4 Å². The Bertz CT molecular complexity index is 1300. The molecule has 1 aromatic carbocycles. The zero-order valence-electron chi connectivity index (χ0n) is 21.7. The second-order valence-electron chi connectivity index (χ2n) is 10.8. The molecule has 200 valence electrons. The molecule has 3 unspecified atom stereocenters. The van der Waals surface area contributed by atoms with Gasteiger partial charge in [0.25, 0.3) is 5.56 Å². The van der Waals surface area contributed by atoms with Gasteiger partial charge in [0.2, 0.25) is 0 Å². The Morgan fingerprint density at radius 2 is 1.68 bits per heavy atom. The molecule has 3 fully saturated rings. The number of aromatic nitrogens is 2. The largest absolute Gasteiger partial charge is 0.448 e. The van der Waals surface area contributed by atoms with Gasteiger partial charge >= 0.3 is 11.7 Å². The molecule has 0 amide bonds. The van der Waals surface area contributed by atoms with Crippen LogP contribution in [0.1, 0.15) is 56.8 Å². The van der Waals surface area contributed by atoms with Crippen molar-refractivity contribution in [3.8, 4) is 0 Å². The Morgan fingerprint density at radius 3 is 2.38 bits per heavy atom. The van der Waals surface area contributed by atoms with Gasteiger partial charge in [0, 0.05) is 11.8 Å². The van der Waals surface area contributed by atoms with Crippen molar-refractivity contribution in [2.75, 3.05) is 6.61 Å². The Morgan fingerprint density at radius 1 is 1.00 bits per heavy atom. The van der Waals surface area contributed by atoms with E-state index in [1.807, 2.05) is 0 Å². The molecular weight excluding hydrogens is 484 g/mol. The number of benzene rings is 1. The minimum absolute atomic E-state index is 0.126. The minimum Gasteiger partial charge on any atom is -0.448 e. The van der Waals surface area contributed by atoms with E-state index in [1.54, 1.807) is 71.9 Å². The van der Waals surface area contributed by atoms with Gasteiger partial charge < -0.3 is 28.4 Å². The molecular formula is C26H32N2O9. The predicted molar refractivity (Wildman–Crippen MR) is 129 cm³/mol. The smallest absolute Gasteiger partial charge is 0.338 e. The van der Waals surface area contributed by atoms with Crippen LogP contribution in [0.25, 0.3) is 0 Å². The van der Waals surface area contributed by atoms with Crippen LogP contribution in [0.5, 0.6) is 0 Å². The highest BCUT2D eigenvalue weighted by molar-refractivity contribution is 5.89. The van der Waals surface area contributed by atoms with E-state index < -0.39 is 65.0 Å². The van der Waals surface area contributed by atoms with Gasteiger partial charge in [0.15, 0.2) is 23.4 Å². The highest BCUT2D eigenvalue weighted by Gasteiger charge is 2.65. The van der Waals surface area contributed by atoms with Crippen molar-refractivity contribution in [1.82, 2.24) is 9.55 Å². The maximum Gasteiger partial charge on any atom is 0.338 e. The molecule has 37 heavy (non-hydrogen) atoms. The fourth-order valence-electron chi connectivity index (χ4n) is 5.17. The third-order valence-electron chi connectivity index (χ3n) is 6.91. The molecule has 0 spiro atoms. The lowest BCUT2D eigenvalue weighted by Gasteiger charge is -2.42. The molecule has 0 aliphatic carbocycles. The van der Waals surface area contributed by atoms with Crippen LogP contribution < -0.4 is 11.2 Å². The average molecular weight is 517 g/mol. The van der Waals surface area contributed by atoms with Gasteiger partial charge in [-0.25, -0.2) is 9.59 Å². The Hall–Kier alpha value is -2.83. The van der Waals surface area contributed by atoms with Gasteiger partial charge in [0.1, 0.15) is 24.4 Å². The highest BCUT2D eigenvalue weighted by atomic mass is 16.8. The van der Waals surface area contributed by atoms with Crippen LogP contribution in [0, 0.1) is 6.92 Å². The van der Waals surface area contributed by atoms with Crippen LogP contribution >= 0.6 is 0 Å². The third-order valence-corrected chi connectivity index (χ3v) is 6.91. The number of ether oxygens (including phenoxy) is 6. The molecule has 0 saturated carbocycles. The van der Waals surface area contributed by atoms with Gasteiger partial charge in [-0.1, -0.05) is 18.2 Å². The van der Waals surface area contributed by atoms with E-state index in [0.717, 1.165) is 0 Å². The number of aromatic amines is 1.